The van der Waals surface area contributed by atoms with Crippen molar-refractivity contribution in [2.24, 2.45) is 0 Å². The van der Waals surface area contributed by atoms with E-state index >= 15 is 0 Å². The molecule has 5 rings (SSSR count). The molecular weight excluding hydrogens is 813 g/mol. The fourth-order valence-corrected chi connectivity index (χ4v) is 10.2. The lowest BCUT2D eigenvalue weighted by Crippen LogP contribution is -2.46. The summed E-state index contributed by atoms with van der Waals surface area (Å²) >= 11 is 1.81. The van der Waals surface area contributed by atoms with Crippen molar-refractivity contribution in [1.29, 1.82) is 0 Å². The van der Waals surface area contributed by atoms with Crippen LogP contribution in [0.3, 0.4) is 0 Å². The van der Waals surface area contributed by atoms with Crippen LogP contribution in [0.25, 0.3) is 21.0 Å². The van der Waals surface area contributed by atoms with Crippen molar-refractivity contribution >= 4 is 44.1 Å². The number of aromatic nitrogens is 1. The van der Waals surface area contributed by atoms with Gasteiger partial charge in [-0.1, -0.05) is 161 Å². The summed E-state index contributed by atoms with van der Waals surface area (Å²) in [7, 11) is 0. The summed E-state index contributed by atoms with van der Waals surface area (Å²) in [6.07, 6.45) is 32.7. The number of amides is 1. The molecule has 0 unspecified atom stereocenters. The van der Waals surface area contributed by atoms with Crippen LogP contribution in [0.15, 0.2) is 64.8 Å². The third kappa shape index (κ3) is 18.7. The highest BCUT2D eigenvalue weighted by Gasteiger charge is 2.19. The Balaban J connectivity index is 1.03. The maximum atomic E-state index is 13.7. The molecule has 356 valence electrons. The lowest BCUT2D eigenvalue weighted by Gasteiger charge is -2.36. The van der Waals surface area contributed by atoms with E-state index in [0.717, 1.165) is 87.9 Å². The van der Waals surface area contributed by atoms with Crippen molar-refractivity contribution in [3.05, 3.63) is 70.3 Å². The highest BCUT2D eigenvalue weighted by molar-refractivity contribution is 7.17. The highest BCUT2D eigenvalue weighted by atomic mass is 32.1. The van der Waals surface area contributed by atoms with Gasteiger partial charge in [-0.05, 0) is 79.4 Å². The van der Waals surface area contributed by atoms with Gasteiger partial charge in [-0.15, -0.1) is 11.3 Å². The number of fused-ring (bicyclic) bond motifs is 2. The molecule has 1 amide bonds. The van der Waals surface area contributed by atoms with Crippen LogP contribution in [0.1, 0.15) is 181 Å². The summed E-state index contributed by atoms with van der Waals surface area (Å²) in [4.78, 5) is 33.9. The molecule has 4 aromatic rings. The molecule has 0 saturated carbocycles. The number of ether oxygens (including phenoxy) is 2. The smallest absolute Gasteiger partial charge is 0.411 e. The van der Waals surface area contributed by atoms with Crippen molar-refractivity contribution in [3.8, 4) is 5.75 Å². The fourth-order valence-electron chi connectivity index (χ4n) is 9.38. The molecule has 1 fully saturated rings. The largest absolute Gasteiger partial charge is 0.494 e. The van der Waals surface area contributed by atoms with Gasteiger partial charge in [0.05, 0.1) is 12.1 Å². The lowest BCUT2D eigenvalue weighted by atomic mass is 10.0. The number of unbranched alkanes of at least 4 members (excludes halogenated alkanes) is 23. The van der Waals surface area contributed by atoms with Crippen LogP contribution in [0, 0.1) is 0 Å². The molecule has 1 aliphatic heterocycles. The number of rotatable bonds is 35. The zero-order chi connectivity index (χ0) is 44.9. The van der Waals surface area contributed by atoms with Crippen LogP contribution in [-0.4, -0.2) is 72.9 Å². The van der Waals surface area contributed by atoms with E-state index in [0.29, 0.717) is 19.7 Å². The van der Waals surface area contributed by atoms with Crippen molar-refractivity contribution in [2.75, 3.05) is 57.3 Å². The van der Waals surface area contributed by atoms with Gasteiger partial charge in [-0.3, -0.25) is 14.3 Å². The standard InChI is InChI=1S/C55H86N4O4S/c1-3-5-7-9-11-13-15-17-19-21-23-25-38-58(39-26-24-22-20-18-16-14-12-10-8-6-4-2)55(61)63-47-59-52-46-49(34-32-48(52)33-35-54(59)60)62-44-28-27-37-56-40-42-57(43-41-56)51-30-29-31-53-50(51)36-45-64-53/h29-36,45-46H,3-28,37-44,47H2,1-2H3. The first-order valence-electron chi connectivity index (χ1n) is 26.2. The Labute approximate surface area is 392 Å². The van der Waals surface area contributed by atoms with Gasteiger partial charge in [0, 0.05) is 67.2 Å². The number of anilines is 1. The molecule has 0 N–H and O–H groups in total. The molecule has 1 aliphatic rings. The van der Waals surface area contributed by atoms with E-state index in [-0.39, 0.29) is 18.4 Å². The molecule has 0 bridgehead atoms. The second-order valence-corrected chi connectivity index (χ2v) is 19.6. The van der Waals surface area contributed by atoms with Crippen LogP contribution < -0.4 is 15.2 Å². The minimum Gasteiger partial charge on any atom is -0.494 e. The van der Waals surface area contributed by atoms with E-state index in [2.05, 4.69) is 53.3 Å². The van der Waals surface area contributed by atoms with Gasteiger partial charge in [0.25, 0.3) is 5.56 Å². The van der Waals surface area contributed by atoms with Crippen molar-refractivity contribution in [2.45, 2.75) is 188 Å². The number of thiophene rings is 1. The first-order valence-corrected chi connectivity index (χ1v) is 27.1. The topological polar surface area (TPSA) is 67.2 Å². The second kappa shape index (κ2) is 31.4. The van der Waals surface area contributed by atoms with E-state index in [1.165, 1.54) is 144 Å². The van der Waals surface area contributed by atoms with Crippen LogP contribution in [0.4, 0.5) is 10.5 Å². The zero-order valence-electron chi connectivity index (χ0n) is 40.4. The summed E-state index contributed by atoms with van der Waals surface area (Å²) in [5.74, 6) is 0.731. The molecule has 2 aromatic carbocycles. The first kappa shape index (κ1) is 51.4. The number of hydrogen-bond donors (Lipinski definition) is 0. The molecule has 3 heterocycles. The molecule has 0 atom stereocenters. The third-order valence-electron chi connectivity index (χ3n) is 13.4. The summed E-state index contributed by atoms with van der Waals surface area (Å²) in [6, 6.07) is 18.2. The number of nitrogens with zero attached hydrogens (tertiary/aromatic N) is 4. The first-order chi connectivity index (χ1) is 31.6. The molecule has 2 aromatic heterocycles. The summed E-state index contributed by atoms with van der Waals surface area (Å²) in [5.41, 5.74) is 1.91. The molecule has 9 heteroatoms. The lowest BCUT2D eigenvalue weighted by molar-refractivity contribution is 0.0748. The van der Waals surface area contributed by atoms with Crippen molar-refractivity contribution in [3.63, 3.8) is 0 Å². The van der Waals surface area contributed by atoms with Gasteiger partial charge >= 0.3 is 6.09 Å². The van der Waals surface area contributed by atoms with E-state index in [1.54, 1.807) is 10.6 Å². The van der Waals surface area contributed by atoms with E-state index in [1.807, 2.05) is 40.5 Å². The van der Waals surface area contributed by atoms with Gasteiger partial charge in [-0.2, -0.15) is 0 Å². The number of benzene rings is 2. The van der Waals surface area contributed by atoms with E-state index < -0.39 is 0 Å². The van der Waals surface area contributed by atoms with Gasteiger partial charge in [0.2, 0.25) is 0 Å². The van der Waals surface area contributed by atoms with E-state index in [4.69, 9.17) is 9.47 Å². The molecule has 1 saturated heterocycles. The van der Waals surface area contributed by atoms with Crippen molar-refractivity contribution in [1.82, 2.24) is 14.4 Å². The Morgan fingerprint density at radius 1 is 0.625 bits per heavy atom. The Morgan fingerprint density at radius 2 is 1.19 bits per heavy atom. The number of piperazine rings is 1. The van der Waals surface area contributed by atoms with Gasteiger partial charge < -0.3 is 19.3 Å². The normalized spacial score (nSPS) is 13.3. The monoisotopic (exact) mass is 899 g/mol. The Kier molecular flexibility index (Phi) is 25.2. The fraction of sp³-hybridized carbons (Fsp3) is 0.673. The number of carbonyl (C=O) groups excluding carboxylic acids is 1. The zero-order valence-corrected chi connectivity index (χ0v) is 41.2. The quantitative estimate of drug-likeness (QED) is 0.0429. The summed E-state index contributed by atoms with van der Waals surface area (Å²) < 4.78 is 15.1. The molecular formula is C55H86N4O4S. The predicted octanol–water partition coefficient (Wildman–Crippen LogP) is 15.0. The van der Waals surface area contributed by atoms with Gasteiger partial charge in [-0.25, -0.2) is 4.79 Å². The third-order valence-corrected chi connectivity index (χ3v) is 14.3. The number of pyridine rings is 1. The molecule has 0 spiro atoms. The summed E-state index contributed by atoms with van der Waals surface area (Å²) in [5, 5.41) is 4.48. The second-order valence-electron chi connectivity index (χ2n) is 18.6. The van der Waals surface area contributed by atoms with E-state index in [9.17, 15) is 9.59 Å². The minimum atomic E-state index is -0.316. The molecule has 64 heavy (non-hydrogen) atoms. The molecule has 0 radical (unpaired) electrons. The van der Waals surface area contributed by atoms with Crippen LogP contribution >= 0.6 is 11.3 Å². The predicted molar refractivity (Wildman–Crippen MR) is 274 cm³/mol. The van der Waals surface area contributed by atoms with Crippen LogP contribution in [0.5, 0.6) is 5.75 Å². The average molecular weight is 899 g/mol. The maximum Gasteiger partial charge on any atom is 0.411 e. The van der Waals surface area contributed by atoms with Gasteiger partial charge in [0.15, 0.2) is 6.73 Å². The van der Waals surface area contributed by atoms with Gasteiger partial charge in [0.1, 0.15) is 5.75 Å². The Bertz CT molecular complexity index is 1870. The molecule has 8 nitrogen and oxygen atoms in total. The molecule has 0 aliphatic carbocycles. The number of hydrogen-bond acceptors (Lipinski definition) is 7. The Morgan fingerprint density at radius 3 is 1.78 bits per heavy atom. The van der Waals surface area contributed by atoms with Crippen molar-refractivity contribution < 1.29 is 14.3 Å². The average Bonchev–Trinajstić information content (AvgIpc) is 3.81. The van der Waals surface area contributed by atoms with Crippen LogP contribution in [0.2, 0.25) is 0 Å². The number of carbonyl (C=O) groups is 1. The Hall–Kier alpha value is -3.56. The minimum absolute atomic E-state index is 0.110. The maximum absolute atomic E-state index is 13.7. The summed E-state index contributed by atoms with van der Waals surface area (Å²) in [6.45, 7) is 11.8. The van der Waals surface area contributed by atoms with Crippen LogP contribution in [-0.2, 0) is 11.5 Å². The highest BCUT2D eigenvalue weighted by Crippen LogP contribution is 2.31. The SMILES string of the molecule is CCCCCCCCCCCCCCN(CCCCCCCCCCCCCC)C(=O)OCn1c(=O)ccc2ccc(OCCCCN3CCN(c4cccc5sccc45)CC3)cc21.